The summed E-state index contributed by atoms with van der Waals surface area (Å²) in [4.78, 5) is 12.5. The third-order valence-corrected chi connectivity index (χ3v) is 5.32. The van der Waals surface area contributed by atoms with Gasteiger partial charge in [-0.15, -0.1) is 0 Å². The van der Waals surface area contributed by atoms with Crippen molar-refractivity contribution in [2.45, 2.75) is 32.4 Å². The summed E-state index contributed by atoms with van der Waals surface area (Å²) in [6.45, 7) is 4.16. The summed E-state index contributed by atoms with van der Waals surface area (Å²) in [5, 5.41) is 15.4. The smallest absolute Gasteiger partial charge is 0.272 e. The highest BCUT2D eigenvalue weighted by atomic mass is 35.5. The second kappa shape index (κ2) is 8.16. The second-order valence-electron chi connectivity index (χ2n) is 6.94. The Balaban J connectivity index is 1.40. The van der Waals surface area contributed by atoms with Gasteiger partial charge in [-0.05, 0) is 63.2 Å². The summed E-state index contributed by atoms with van der Waals surface area (Å²) in [5.74, 6) is 0.458. The molecule has 0 atom stereocenters. The molecule has 3 aromatic rings. The molecule has 146 valence electrons. The normalized spacial score (nSPS) is 14.9. The van der Waals surface area contributed by atoms with Crippen LogP contribution in [0.25, 0.3) is 11.3 Å². The summed E-state index contributed by atoms with van der Waals surface area (Å²) < 4.78 is 7.37. The summed E-state index contributed by atoms with van der Waals surface area (Å²) in [6, 6.07) is 9.48. The predicted molar refractivity (Wildman–Crippen MR) is 106 cm³/mol. The van der Waals surface area contributed by atoms with Crippen molar-refractivity contribution in [2.75, 3.05) is 13.1 Å². The average molecular weight is 400 g/mol. The molecule has 1 fully saturated rings. The fourth-order valence-electron chi connectivity index (χ4n) is 3.39. The number of benzene rings is 1. The number of nitrogens with zero attached hydrogens (tertiary/aromatic N) is 3. The van der Waals surface area contributed by atoms with Gasteiger partial charge < -0.3 is 15.2 Å². The maximum atomic E-state index is 12.5. The van der Waals surface area contributed by atoms with E-state index >= 15 is 0 Å². The second-order valence-corrected chi connectivity index (χ2v) is 7.37. The van der Waals surface area contributed by atoms with Gasteiger partial charge in [-0.1, -0.05) is 16.8 Å². The van der Waals surface area contributed by atoms with Crippen molar-refractivity contribution in [1.82, 2.24) is 25.6 Å². The number of rotatable bonds is 5. The van der Waals surface area contributed by atoms with E-state index in [1.54, 1.807) is 18.2 Å². The zero-order chi connectivity index (χ0) is 19.5. The molecule has 3 heterocycles. The standard InChI is InChI=1S/C20H22ClN5O2/c1-13-18(25-28-19(13)14-2-4-15(21)5-3-14)12-23-20(27)17-8-11-26(24-17)16-6-9-22-10-7-16/h2-5,8,11,16,22H,6-7,9-10,12H2,1H3,(H,23,27). The Kier molecular flexibility index (Phi) is 5.45. The average Bonchev–Trinajstić information content (AvgIpc) is 3.35. The van der Waals surface area contributed by atoms with E-state index in [2.05, 4.69) is 20.9 Å². The van der Waals surface area contributed by atoms with E-state index in [0.717, 1.165) is 37.1 Å². The molecule has 4 rings (SSSR count). The van der Waals surface area contributed by atoms with Crippen LogP contribution in [-0.4, -0.2) is 33.9 Å². The number of halogens is 1. The summed E-state index contributed by atoms with van der Waals surface area (Å²) in [5.41, 5.74) is 2.89. The molecule has 0 aliphatic carbocycles. The van der Waals surface area contributed by atoms with E-state index in [4.69, 9.17) is 16.1 Å². The van der Waals surface area contributed by atoms with Crippen LogP contribution in [0.2, 0.25) is 5.02 Å². The molecule has 1 amide bonds. The maximum Gasteiger partial charge on any atom is 0.272 e. The highest BCUT2D eigenvalue weighted by Gasteiger charge is 2.19. The number of piperidine rings is 1. The van der Waals surface area contributed by atoms with Crippen LogP contribution < -0.4 is 10.6 Å². The Bertz CT molecular complexity index is 957. The van der Waals surface area contributed by atoms with Crippen LogP contribution in [0.4, 0.5) is 0 Å². The molecule has 2 aromatic heterocycles. The van der Waals surface area contributed by atoms with Gasteiger partial charge in [0.15, 0.2) is 5.76 Å². The van der Waals surface area contributed by atoms with Gasteiger partial charge in [0.25, 0.3) is 5.91 Å². The number of aromatic nitrogens is 3. The molecule has 0 unspecified atom stereocenters. The molecule has 0 saturated carbocycles. The summed E-state index contributed by atoms with van der Waals surface area (Å²) in [7, 11) is 0. The van der Waals surface area contributed by atoms with Gasteiger partial charge in [0.2, 0.25) is 0 Å². The van der Waals surface area contributed by atoms with E-state index in [9.17, 15) is 4.79 Å². The van der Waals surface area contributed by atoms with Crippen molar-refractivity contribution in [2.24, 2.45) is 0 Å². The molecule has 0 spiro atoms. The first-order valence-corrected chi connectivity index (χ1v) is 9.75. The van der Waals surface area contributed by atoms with E-state index in [1.807, 2.05) is 29.9 Å². The molecule has 7 nitrogen and oxygen atoms in total. The molecule has 2 N–H and O–H groups in total. The van der Waals surface area contributed by atoms with Gasteiger partial charge in [0.1, 0.15) is 11.4 Å². The molecular weight excluding hydrogens is 378 g/mol. The van der Waals surface area contributed by atoms with Crippen LogP contribution in [0.1, 0.15) is 40.6 Å². The van der Waals surface area contributed by atoms with Gasteiger partial charge >= 0.3 is 0 Å². The topological polar surface area (TPSA) is 85.0 Å². The maximum absolute atomic E-state index is 12.5. The molecule has 1 aromatic carbocycles. The Morgan fingerprint density at radius 2 is 2.04 bits per heavy atom. The largest absolute Gasteiger partial charge is 0.356 e. The van der Waals surface area contributed by atoms with E-state index < -0.39 is 0 Å². The molecule has 1 aliphatic rings. The Morgan fingerprint density at radius 3 is 2.79 bits per heavy atom. The van der Waals surface area contributed by atoms with Crippen molar-refractivity contribution in [1.29, 1.82) is 0 Å². The molecule has 28 heavy (non-hydrogen) atoms. The van der Waals surface area contributed by atoms with Crippen LogP contribution in [0.5, 0.6) is 0 Å². The minimum atomic E-state index is -0.219. The van der Waals surface area contributed by atoms with Gasteiger partial charge in [-0.3, -0.25) is 9.48 Å². The van der Waals surface area contributed by atoms with Gasteiger partial charge in [-0.25, -0.2) is 0 Å². The molecule has 1 aliphatic heterocycles. The minimum absolute atomic E-state index is 0.219. The zero-order valence-corrected chi connectivity index (χ0v) is 16.4. The van der Waals surface area contributed by atoms with E-state index in [0.29, 0.717) is 28.2 Å². The molecule has 0 bridgehead atoms. The van der Waals surface area contributed by atoms with Crippen molar-refractivity contribution < 1.29 is 9.32 Å². The van der Waals surface area contributed by atoms with Crippen molar-refractivity contribution >= 4 is 17.5 Å². The monoisotopic (exact) mass is 399 g/mol. The van der Waals surface area contributed by atoms with Crippen LogP contribution in [0.3, 0.4) is 0 Å². The van der Waals surface area contributed by atoms with Crippen LogP contribution in [0.15, 0.2) is 41.1 Å². The first-order chi connectivity index (χ1) is 13.6. The zero-order valence-electron chi connectivity index (χ0n) is 15.6. The first kappa shape index (κ1) is 18.7. The fourth-order valence-corrected chi connectivity index (χ4v) is 3.52. The number of amides is 1. The van der Waals surface area contributed by atoms with Gasteiger partial charge in [0.05, 0.1) is 12.6 Å². The Labute approximate surface area is 168 Å². The Morgan fingerprint density at radius 1 is 1.29 bits per heavy atom. The lowest BCUT2D eigenvalue weighted by atomic mass is 10.1. The third kappa shape index (κ3) is 3.95. The molecule has 1 saturated heterocycles. The quantitative estimate of drug-likeness (QED) is 0.687. The number of carbonyl (C=O) groups excluding carboxylic acids is 1. The highest BCUT2D eigenvalue weighted by Crippen LogP contribution is 2.27. The van der Waals surface area contributed by atoms with Crippen LogP contribution in [-0.2, 0) is 6.54 Å². The molecule has 8 heteroatoms. The summed E-state index contributed by atoms with van der Waals surface area (Å²) >= 11 is 5.93. The third-order valence-electron chi connectivity index (χ3n) is 5.07. The minimum Gasteiger partial charge on any atom is -0.356 e. The Hall–Kier alpha value is -2.64. The molecular formula is C20H22ClN5O2. The molecule has 0 radical (unpaired) electrons. The highest BCUT2D eigenvalue weighted by molar-refractivity contribution is 6.30. The van der Waals surface area contributed by atoms with Crippen molar-refractivity contribution in [3.63, 3.8) is 0 Å². The lowest BCUT2D eigenvalue weighted by Gasteiger charge is -2.22. The predicted octanol–water partition coefficient (Wildman–Crippen LogP) is 3.35. The van der Waals surface area contributed by atoms with E-state index in [1.165, 1.54) is 0 Å². The SMILES string of the molecule is Cc1c(CNC(=O)c2ccn(C3CCNCC3)n2)noc1-c1ccc(Cl)cc1. The van der Waals surface area contributed by atoms with E-state index in [-0.39, 0.29) is 12.5 Å². The van der Waals surface area contributed by atoms with Gasteiger partial charge in [-0.2, -0.15) is 5.10 Å². The number of hydrogen-bond donors (Lipinski definition) is 2. The number of nitrogens with one attached hydrogen (secondary N) is 2. The number of carbonyl (C=O) groups is 1. The van der Waals surface area contributed by atoms with Crippen LogP contribution in [0, 0.1) is 6.92 Å². The van der Waals surface area contributed by atoms with Crippen molar-refractivity contribution in [3.05, 3.63) is 58.5 Å². The van der Waals surface area contributed by atoms with Crippen molar-refractivity contribution in [3.8, 4) is 11.3 Å². The number of hydrogen-bond acceptors (Lipinski definition) is 5. The lowest BCUT2D eigenvalue weighted by Crippen LogP contribution is -2.30. The summed E-state index contributed by atoms with van der Waals surface area (Å²) in [6.07, 6.45) is 3.92. The lowest BCUT2D eigenvalue weighted by molar-refractivity contribution is 0.0943. The fraction of sp³-hybridized carbons (Fsp3) is 0.350. The first-order valence-electron chi connectivity index (χ1n) is 9.37. The van der Waals surface area contributed by atoms with Crippen LogP contribution >= 0.6 is 11.6 Å². The van der Waals surface area contributed by atoms with Gasteiger partial charge in [0, 0.05) is 22.3 Å².